The number of hydrogen-bond acceptors (Lipinski definition) is 3. The van der Waals surface area contributed by atoms with Gasteiger partial charge in [0.2, 0.25) is 0 Å². The van der Waals surface area contributed by atoms with E-state index in [1.807, 2.05) is 0 Å². The van der Waals surface area contributed by atoms with E-state index in [1.54, 1.807) is 4.90 Å². The molecule has 2 aromatic rings. The first kappa shape index (κ1) is 14.8. The van der Waals surface area contributed by atoms with E-state index in [0.717, 1.165) is 12.6 Å². The molecule has 1 atom stereocenters. The Hall–Kier alpha value is -2.12. The highest BCUT2D eigenvalue weighted by Crippen LogP contribution is 2.32. The van der Waals surface area contributed by atoms with Gasteiger partial charge in [0.05, 0.1) is 6.20 Å². The number of alkyl halides is 3. The Labute approximate surface area is 124 Å². The van der Waals surface area contributed by atoms with E-state index >= 15 is 0 Å². The van der Waals surface area contributed by atoms with Gasteiger partial charge in [-0.3, -0.25) is 0 Å². The summed E-state index contributed by atoms with van der Waals surface area (Å²) in [5.74, 6) is -0.118. The predicted octanol–water partition coefficient (Wildman–Crippen LogP) is 3.35. The van der Waals surface area contributed by atoms with Crippen LogP contribution in [0.3, 0.4) is 0 Å². The minimum Gasteiger partial charge on any atom is -0.353 e. The van der Waals surface area contributed by atoms with E-state index in [-0.39, 0.29) is 17.6 Å². The second-order valence-electron chi connectivity index (χ2n) is 5.27. The summed E-state index contributed by atoms with van der Waals surface area (Å²) in [4.78, 5) is 11.9. The van der Waals surface area contributed by atoms with Crippen LogP contribution in [0.15, 0.2) is 24.5 Å². The van der Waals surface area contributed by atoms with Gasteiger partial charge >= 0.3 is 6.18 Å². The number of H-pyrrole nitrogens is 1. The fourth-order valence-corrected chi connectivity index (χ4v) is 2.69. The molecule has 1 fully saturated rings. The van der Waals surface area contributed by atoms with Gasteiger partial charge in [0.25, 0.3) is 0 Å². The number of nitrogens with one attached hydrogen (secondary N) is 1. The minimum atomic E-state index is -4.44. The smallest absolute Gasteiger partial charge is 0.353 e. The van der Waals surface area contributed by atoms with Gasteiger partial charge in [-0.15, -0.1) is 0 Å². The van der Waals surface area contributed by atoms with Crippen LogP contribution >= 0.6 is 0 Å². The fraction of sp³-hybridized carbons (Fsp3) is 0.429. The van der Waals surface area contributed by atoms with Crippen LogP contribution in [0.4, 0.5) is 23.4 Å². The molecule has 0 aromatic carbocycles. The maximum Gasteiger partial charge on any atom is 0.432 e. The van der Waals surface area contributed by atoms with Crippen molar-refractivity contribution < 1.29 is 17.6 Å². The van der Waals surface area contributed by atoms with Gasteiger partial charge in [-0.2, -0.15) is 13.2 Å². The molecule has 0 radical (unpaired) electrons. The van der Waals surface area contributed by atoms with E-state index in [4.69, 9.17) is 0 Å². The molecule has 3 rings (SSSR count). The molecular weight excluding hydrogens is 300 g/mol. The average molecular weight is 314 g/mol. The lowest BCUT2D eigenvalue weighted by Gasteiger charge is -2.32. The average Bonchev–Trinajstić information content (AvgIpc) is 2.98. The third-order valence-electron chi connectivity index (χ3n) is 3.75. The molecule has 4 nitrogen and oxygen atoms in total. The van der Waals surface area contributed by atoms with Crippen molar-refractivity contribution in [3.63, 3.8) is 0 Å². The zero-order chi connectivity index (χ0) is 15.7. The molecule has 1 N–H and O–H groups in total. The molecule has 2 aromatic heterocycles. The van der Waals surface area contributed by atoms with Crippen molar-refractivity contribution in [2.75, 3.05) is 18.0 Å². The van der Waals surface area contributed by atoms with Gasteiger partial charge < -0.3 is 9.88 Å². The fourth-order valence-electron chi connectivity index (χ4n) is 2.69. The summed E-state index contributed by atoms with van der Waals surface area (Å²) in [6.07, 6.45) is -0.697. The number of piperidine rings is 1. The highest BCUT2D eigenvalue weighted by atomic mass is 19.4. The van der Waals surface area contributed by atoms with E-state index in [9.17, 15) is 17.6 Å². The van der Waals surface area contributed by atoms with Gasteiger partial charge in [-0.1, -0.05) is 0 Å². The lowest BCUT2D eigenvalue weighted by Crippen LogP contribution is -2.35. The number of anilines is 1. The summed E-state index contributed by atoms with van der Waals surface area (Å²) in [6.45, 7) is 1.01. The summed E-state index contributed by atoms with van der Waals surface area (Å²) in [6, 6.07) is 2.82. The Kier molecular flexibility index (Phi) is 3.76. The van der Waals surface area contributed by atoms with Gasteiger partial charge in [0.1, 0.15) is 11.5 Å². The van der Waals surface area contributed by atoms with Crippen molar-refractivity contribution in [2.45, 2.75) is 24.9 Å². The lowest BCUT2D eigenvalue weighted by atomic mass is 9.97. The highest BCUT2D eigenvalue weighted by molar-refractivity contribution is 5.40. The van der Waals surface area contributed by atoms with Crippen LogP contribution in [0, 0.1) is 5.82 Å². The third kappa shape index (κ3) is 2.90. The summed E-state index contributed by atoms with van der Waals surface area (Å²) in [7, 11) is 0. The quantitative estimate of drug-likeness (QED) is 0.865. The van der Waals surface area contributed by atoms with Gasteiger partial charge in [-0.25, -0.2) is 14.4 Å². The first-order valence-corrected chi connectivity index (χ1v) is 6.92. The number of nitrogens with zero attached hydrogens (tertiary/aromatic N) is 3. The number of rotatable bonds is 2. The van der Waals surface area contributed by atoms with Crippen molar-refractivity contribution in [1.29, 1.82) is 0 Å². The first-order valence-electron chi connectivity index (χ1n) is 6.92. The number of halogens is 4. The van der Waals surface area contributed by atoms with E-state index in [1.165, 1.54) is 18.3 Å². The molecule has 1 saturated heterocycles. The molecule has 0 amide bonds. The molecule has 0 saturated carbocycles. The van der Waals surface area contributed by atoms with E-state index in [2.05, 4.69) is 15.0 Å². The molecule has 22 heavy (non-hydrogen) atoms. The number of hydrogen-bond donors (Lipinski definition) is 1. The normalized spacial score (nSPS) is 19.5. The van der Waals surface area contributed by atoms with Crippen molar-refractivity contribution in [3.05, 3.63) is 41.9 Å². The third-order valence-corrected chi connectivity index (χ3v) is 3.75. The molecule has 3 heterocycles. The van der Waals surface area contributed by atoms with Crippen LogP contribution < -0.4 is 4.90 Å². The summed E-state index contributed by atoms with van der Waals surface area (Å²) in [5.41, 5.74) is -0.858. The Bertz CT molecular complexity index is 652. The monoisotopic (exact) mass is 314 g/mol. The number of aromatic amines is 1. The molecule has 0 unspecified atom stereocenters. The summed E-state index contributed by atoms with van der Waals surface area (Å²) in [5, 5.41) is 0. The minimum absolute atomic E-state index is 0.203. The second kappa shape index (κ2) is 5.58. The largest absolute Gasteiger partial charge is 0.432 e. The summed E-state index contributed by atoms with van der Waals surface area (Å²) < 4.78 is 51.7. The molecular formula is C14H14F4N4. The lowest BCUT2D eigenvalue weighted by molar-refractivity contribution is -0.141. The topological polar surface area (TPSA) is 44.8 Å². The standard InChI is InChI=1S/C14H14F4N4/c15-10-4-1-5-19-13(10)22-6-2-3-9(8-22)12-20-7-11(21-12)14(16,17)18/h1,4-5,7,9H,2-3,6,8H2,(H,20,21)/t9-/m1/s1. The Morgan fingerprint density at radius 1 is 1.27 bits per heavy atom. The molecule has 8 heteroatoms. The second-order valence-corrected chi connectivity index (χ2v) is 5.27. The Morgan fingerprint density at radius 2 is 2.09 bits per heavy atom. The van der Waals surface area contributed by atoms with Crippen molar-refractivity contribution in [2.24, 2.45) is 0 Å². The van der Waals surface area contributed by atoms with Crippen LogP contribution in [0.2, 0.25) is 0 Å². The Morgan fingerprint density at radius 3 is 2.77 bits per heavy atom. The predicted molar refractivity (Wildman–Crippen MR) is 72.0 cm³/mol. The molecule has 1 aliphatic heterocycles. The van der Waals surface area contributed by atoms with Crippen molar-refractivity contribution in [3.8, 4) is 0 Å². The SMILES string of the molecule is Fc1cccnc1N1CCC[C@@H](c2ncc(C(F)(F)F)[nH]2)C1. The molecule has 0 spiro atoms. The number of aromatic nitrogens is 3. The zero-order valence-corrected chi connectivity index (χ0v) is 11.6. The van der Waals surface area contributed by atoms with Crippen molar-refractivity contribution in [1.82, 2.24) is 15.0 Å². The van der Waals surface area contributed by atoms with Crippen molar-refractivity contribution >= 4 is 5.82 Å². The van der Waals surface area contributed by atoms with E-state index < -0.39 is 17.7 Å². The van der Waals surface area contributed by atoms with Crippen LogP contribution in [-0.2, 0) is 6.18 Å². The van der Waals surface area contributed by atoms with E-state index in [0.29, 0.717) is 19.5 Å². The van der Waals surface area contributed by atoms with Crippen LogP contribution in [-0.4, -0.2) is 28.0 Å². The molecule has 118 valence electrons. The summed E-state index contributed by atoms with van der Waals surface area (Å²) >= 11 is 0. The first-order chi connectivity index (χ1) is 10.4. The highest BCUT2D eigenvalue weighted by Gasteiger charge is 2.34. The number of imidazole rings is 1. The van der Waals surface area contributed by atoms with Crippen LogP contribution in [0.1, 0.15) is 30.3 Å². The van der Waals surface area contributed by atoms with Gasteiger partial charge in [-0.05, 0) is 25.0 Å². The molecule has 0 aliphatic carbocycles. The van der Waals surface area contributed by atoms with Gasteiger partial charge in [0.15, 0.2) is 11.6 Å². The zero-order valence-electron chi connectivity index (χ0n) is 11.6. The van der Waals surface area contributed by atoms with Crippen LogP contribution in [0.5, 0.6) is 0 Å². The maximum atomic E-state index is 13.8. The maximum absolute atomic E-state index is 13.8. The van der Waals surface area contributed by atoms with Gasteiger partial charge in [0, 0.05) is 25.2 Å². The Balaban J connectivity index is 1.79. The molecule has 1 aliphatic rings. The molecule has 0 bridgehead atoms. The van der Waals surface area contributed by atoms with Crippen LogP contribution in [0.25, 0.3) is 0 Å². The number of pyridine rings is 1.